The molecule has 0 aliphatic rings. The Morgan fingerprint density at radius 2 is 2.00 bits per heavy atom. The smallest absolute Gasteiger partial charge is 0.240 e. The Kier molecular flexibility index (Phi) is 5.37. The maximum Gasteiger partial charge on any atom is 0.240 e. The maximum absolute atomic E-state index is 12.0. The molecule has 0 aliphatic carbocycles. The first kappa shape index (κ1) is 14.7. The molecule has 0 amide bonds. The van der Waals surface area contributed by atoms with E-state index in [0.717, 1.165) is 19.3 Å². The number of sulfonamides is 1. The molecule has 0 radical (unpaired) electrons. The van der Waals surface area contributed by atoms with E-state index in [2.05, 4.69) is 11.3 Å². The summed E-state index contributed by atoms with van der Waals surface area (Å²) in [7, 11) is -3.44. The van der Waals surface area contributed by atoms with Crippen LogP contribution in [-0.2, 0) is 10.0 Å². The van der Waals surface area contributed by atoms with Gasteiger partial charge in [0.05, 0.1) is 4.90 Å². The Morgan fingerprint density at radius 3 is 2.56 bits per heavy atom. The molecule has 1 aromatic rings. The summed E-state index contributed by atoms with van der Waals surface area (Å²) in [5.74, 6) is 0. The highest BCUT2D eigenvalue weighted by molar-refractivity contribution is 7.89. The van der Waals surface area contributed by atoms with E-state index in [1.807, 2.05) is 13.0 Å². The van der Waals surface area contributed by atoms with Crippen molar-refractivity contribution in [3.8, 4) is 0 Å². The van der Waals surface area contributed by atoms with E-state index in [4.69, 9.17) is 5.73 Å². The second-order valence-electron chi connectivity index (χ2n) is 4.31. The number of hydrogen-bond donors (Lipinski definition) is 2. The number of nitrogen functional groups attached to an aromatic ring is 1. The number of unbranched alkanes of at least 4 members (excludes halogenated alkanes) is 1. The van der Waals surface area contributed by atoms with Crippen LogP contribution in [0.15, 0.2) is 41.8 Å². The van der Waals surface area contributed by atoms with E-state index >= 15 is 0 Å². The number of hydrogen-bond acceptors (Lipinski definition) is 3. The van der Waals surface area contributed by atoms with Crippen molar-refractivity contribution in [3.63, 3.8) is 0 Å². The summed E-state index contributed by atoms with van der Waals surface area (Å²) in [6.07, 6.45) is 4.45. The molecular weight excluding hydrogens is 248 g/mol. The lowest BCUT2D eigenvalue weighted by Crippen LogP contribution is -2.32. The third-order valence-electron chi connectivity index (χ3n) is 2.59. The highest BCUT2D eigenvalue weighted by Gasteiger charge is 2.16. The minimum Gasteiger partial charge on any atom is -0.399 e. The number of rotatable bonds is 7. The van der Waals surface area contributed by atoms with Crippen molar-refractivity contribution < 1.29 is 8.42 Å². The lowest BCUT2D eigenvalue weighted by molar-refractivity contribution is 0.538. The van der Waals surface area contributed by atoms with Crippen molar-refractivity contribution in [2.75, 3.05) is 5.73 Å². The first-order chi connectivity index (χ1) is 8.45. The monoisotopic (exact) mass is 268 g/mol. The normalized spacial score (nSPS) is 13.2. The standard InChI is InChI=1S/C13H20N2O2S/c1-3-4-5-6-11(2)15-18(16,17)13-9-7-12(14)8-10-13/h3,7-11,15H,1,4-6,14H2,2H3/t11-/m0/s1. The van der Waals surface area contributed by atoms with Gasteiger partial charge in [0.2, 0.25) is 10.0 Å². The molecule has 18 heavy (non-hydrogen) atoms. The van der Waals surface area contributed by atoms with Gasteiger partial charge in [0.15, 0.2) is 0 Å². The zero-order valence-corrected chi connectivity index (χ0v) is 11.4. The van der Waals surface area contributed by atoms with Gasteiger partial charge in [-0.3, -0.25) is 0 Å². The van der Waals surface area contributed by atoms with E-state index in [0.29, 0.717) is 5.69 Å². The third kappa shape index (κ3) is 4.50. The van der Waals surface area contributed by atoms with E-state index in [-0.39, 0.29) is 10.9 Å². The van der Waals surface area contributed by atoms with Gasteiger partial charge in [-0.05, 0) is 50.5 Å². The zero-order valence-electron chi connectivity index (χ0n) is 10.6. The summed E-state index contributed by atoms with van der Waals surface area (Å²) in [6.45, 7) is 5.50. The Morgan fingerprint density at radius 1 is 1.39 bits per heavy atom. The average Bonchev–Trinajstić information content (AvgIpc) is 2.29. The van der Waals surface area contributed by atoms with Gasteiger partial charge in [-0.1, -0.05) is 6.08 Å². The number of nitrogens with one attached hydrogen (secondary N) is 1. The highest BCUT2D eigenvalue weighted by atomic mass is 32.2. The second-order valence-corrected chi connectivity index (χ2v) is 6.02. The van der Waals surface area contributed by atoms with Gasteiger partial charge in [-0.25, -0.2) is 13.1 Å². The molecule has 3 N–H and O–H groups in total. The topological polar surface area (TPSA) is 72.2 Å². The quantitative estimate of drug-likeness (QED) is 0.453. The fourth-order valence-electron chi connectivity index (χ4n) is 1.61. The van der Waals surface area contributed by atoms with Gasteiger partial charge in [0.25, 0.3) is 0 Å². The molecule has 0 heterocycles. The minimum atomic E-state index is -3.44. The number of benzene rings is 1. The maximum atomic E-state index is 12.0. The first-order valence-corrected chi connectivity index (χ1v) is 7.43. The van der Waals surface area contributed by atoms with Gasteiger partial charge < -0.3 is 5.73 Å². The van der Waals surface area contributed by atoms with E-state index in [1.54, 1.807) is 12.1 Å². The molecule has 0 aromatic heterocycles. The molecule has 4 nitrogen and oxygen atoms in total. The Hall–Kier alpha value is -1.33. The van der Waals surface area contributed by atoms with Crippen LogP contribution in [-0.4, -0.2) is 14.5 Å². The van der Waals surface area contributed by atoms with Crippen LogP contribution in [0.4, 0.5) is 5.69 Å². The summed E-state index contributed by atoms with van der Waals surface area (Å²) >= 11 is 0. The van der Waals surface area contributed by atoms with Crippen LogP contribution < -0.4 is 10.5 Å². The third-order valence-corrected chi connectivity index (χ3v) is 4.20. The number of anilines is 1. The van der Waals surface area contributed by atoms with Crippen LogP contribution in [0.3, 0.4) is 0 Å². The van der Waals surface area contributed by atoms with Crippen LogP contribution in [0.5, 0.6) is 0 Å². The predicted octanol–water partition coefficient (Wildman–Crippen LogP) is 2.29. The van der Waals surface area contributed by atoms with Crippen LogP contribution in [0.25, 0.3) is 0 Å². The molecule has 1 aromatic carbocycles. The van der Waals surface area contributed by atoms with E-state index < -0.39 is 10.0 Å². The van der Waals surface area contributed by atoms with Crippen molar-refractivity contribution in [2.24, 2.45) is 0 Å². The average molecular weight is 268 g/mol. The Labute approximate surface area is 109 Å². The van der Waals surface area contributed by atoms with Crippen molar-refractivity contribution in [3.05, 3.63) is 36.9 Å². The highest BCUT2D eigenvalue weighted by Crippen LogP contribution is 2.13. The number of nitrogens with two attached hydrogens (primary N) is 1. The minimum absolute atomic E-state index is 0.0903. The van der Waals surface area contributed by atoms with Crippen molar-refractivity contribution >= 4 is 15.7 Å². The van der Waals surface area contributed by atoms with Gasteiger partial charge in [0.1, 0.15) is 0 Å². The summed E-state index contributed by atoms with van der Waals surface area (Å²) in [5.41, 5.74) is 6.08. The van der Waals surface area contributed by atoms with Crippen LogP contribution in [0.1, 0.15) is 26.2 Å². The Balaban J connectivity index is 2.64. The molecule has 0 bridgehead atoms. The fourth-order valence-corrected chi connectivity index (χ4v) is 2.89. The van der Waals surface area contributed by atoms with Crippen molar-refractivity contribution in [2.45, 2.75) is 37.1 Å². The molecule has 1 rings (SSSR count). The lowest BCUT2D eigenvalue weighted by atomic mass is 10.1. The van der Waals surface area contributed by atoms with Crippen LogP contribution in [0.2, 0.25) is 0 Å². The summed E-state index contributed by atoms with van der Waals surface area (Å²) in [5, 5.41) is 0. The first-order valence-electron chi connectivity index (χ1n) is 5.94. The molecule has 0 saturated heterocycles. The summed E-state index contributed by atoms with van der Waals surface area (Å²) < 4.78 is 26.7. The van der Waals surface area contributed by atoms with Gasteiger partial charge in [0, 0.05) is 11.7 Å². The molecule has 0 fully saturated rings. The van der Waals surface area contributed by atoms with Crippen LogP contribution >= 0.6 is 0 Å². The summed E-state index contributed by atoms with van der Waals surface area (Å²) in [4.78, 5) is 0.243. The predicted molar refractivity (Wildman–Crippen MR) is 74.7 cm³/mol. The van der Waals surface area contributed by atoms with Gasteiger partial charge in [-0.2, -0.15) is 0 Å². The zero-order chi connectivity index (χ0) is 13.6. The lowest BCUT2D eigenvalue weighted by Gasteiger charge is -2.13. The molecule has 0 unspecified atom stereocenters. The fraction of sp³-hybridized carbons (Fsp3) is 0.385. The molecule has 5 heteroatoms. The molecule has 1 atom stereocenters. The summed E-state index contributed by atoms with van der Waals surface area (Å²) in [6, 6.07) is 6.09. The molecule has 0 aliphatic heterocycles. The molecule has 0 saturated carbocycles. The van der Waals surface area contributed by atoms with Gasteiger partial charge >= 0.3 is 0 Å². The molecule has 0 spiro atoms. The van der Waals surface area contributed by atoms with Crippen LogP contribution in [0, 0.1) is 0 Å². The van der Waals surface area contributed by atoms with Crippen molar-refractivity contribution in [1.29, 1.82) is 0 Å². The van der Waals surface area contributed by atoms with E-state index in [9.17, 15) is 8.42 Å². The second kappa shape index (κ2) is 6.56. The van der Waals surface area contributed by atoms with Gasteiger partial charge in [-0.15, -0.1) is 6.58 Å². The largest absolute Gasteiger partial charge is 0.399 e. The number of allylic oxidation sites excluding steroid dienone is 1. The molecule has 100 valence electrons. The molecular formula is C13H20N2O2S. The van der Waals surface area contributed by atoms with Crippen molar-refractivity contribution in [1.82, 2.24) is 4.72 Å². The Bertz CT molecular complexity index is 480. The van der Waals surface area contributed by atoms with E-state index in [1.165, 1.54) is 12.1 Å². The SMILES string of the molecule is C=CCCC[C@H](C)NS(=O)(=O)c1ccc(N)cc1.